The Bertz CT molecular complexity index is 266. The molecule has 1 aromatic heterocycles. The summed E-state index contributed by atoms with van der Waals surface area (Å²) in [6.07, 6.45) is 2.47. The number of nitrogens with one attached hydrogen (secondary N) is 1. The van der Waals surface area contributed by atoms with Crippen LogP contribution in [0.25, 0.3) is 0 Å². The van der Waals surface area contributed by atoms with Crippen molar-refractivity contribution in [3.63, 3.8) is 0 Å². The van der Waals surface area contributed by atoms with Crippen molar-refractivity contribution >= 4 is 11.3 Å². The van der Waals surface area contributed by atoms with Gasteiger partial charge in [-0.1, -0.05) is 33.8 Å². The number of aryl methyl sites for hydroxylation is 1. The highest BCUT2D eigenvalue weighted by Gasteiger charge is 2.18. The summed E-state index contributed by atoms with van der Waals surface area (Å²) in [5.41, 5.74) is 0. The molecule has 0 bridgehead atoms. The maximum absolute atomic E-state index is 3.63. The molecule has 0 saturated carbocycles. The minimum Gasteiger partial charge on any atom is -0.314 e. The smallest absolute Gasteiger partial charge is 0.00984 e. The second-order valence-electron chi connectivity index (χ2n) is 4.89. The van der Waals surface area contributed by atoms with Crippen LogP contribution in [0.2, 0.25) is 0 Å². The van der Waals surface area contributed by atoms with E-state index in [0.29, 0.717) is 6.04 Å². The largest absolute Gasteiger partial charge is 0.314 e. The van der Waals surface area contributed by atoms with E-state index in [1.54, 1.807) is 0 Å². The van der Waals surface area contributed by atoms with Gasteiger partial charge >= 0.3 is 0 Å². The standard InChI is InChI=1S/C14H25NS/c1-5-15-14(12(4)11(2)3)9-8-13-7-6-10-16-13/h6-7,10-12,14-15H,5,8-9H2,1-4H3. The van der Waals surface area contributed by atoms with Crippen molar-refractivity contribution in [3.8, 4) is 0 Å². The van der Waals surface area contributed by atoms with Gasteiger partial charge < -0.3 is 5.32 Å². The van der Waals surface area contributed by atoms with Gasteiger partial charge in [-0.2, -0.15) is 0 Å². The number of hydrogen-bond acceptors (Lipinski definition) is 2. The van der Waals surface area contributed by atoms with Gasteiger partial charge in [-0.3, -0.25) is 0 Å². The highest BCUT2D eigenvalue weighted by molar-refractivity contribution is 7.09. The van der Waals surface area contributed by atoms with Crippen LogP contribution in [0.5, 0.6) is 0 Å². The lowest BCUT2D eigenvalue weighted by atomic mass is 9.87. The van der Waals surface area contributed by atoms with Crippen molar-refractivity contribution in [2.45, 2.75) is 46.6 Å². The molecular formula is C14H25NS. The van der Waals surface area contributed by atoms with Crippen molar-refractivity contribution in [3.05, 3.63) is 22.4 Å². The van der Waals surface area contributed by atoms with Crippen LogP contribution in [-0.2, 0) is 6.42 Å². The normalized spacial score (nSPS) is 15.3. The third-order valence-corrected chi connectivity index (χ3v) is 4.37. The maximum atomic E-state index is 3.63. The van der Waals surface area contributed by atoms with Crippen LogP contribution in [0.3, 0.4) is 0 Å². The van der Waals surface area contributed by atoms with Crippen LogP contribution in [0, 0.1) is 11.8 Å². The average Bonchev–Trinajstić information content (AvgIpc) is 2.75. The Morgan fingerprint density at radius 2 is 2.06 bits per heavy atom. The second-order valence-corrected chi connectivity index (χ2v) is 5.92. The molecule has 0 radical (unpaired) electrons. The Morgan fingerprint density at radius 3 is 2.56 bits per heavy atom. The lowest BCUT2D eigenvalue weighted by molar-refractivity contribution is 0.289. The molecule has 0 aliphatic carbocycles. The van der Waals surface area contributed by atoms with Gasteiger partial charge in [-0.05, 0) is 42.7 Å². The molecule has 1 heterocycles. The summed E-state index contributed by atoms with van der Waals surface area (Å²) < 4.78 is 0. The molecule has 1 aromatic rings. The van der Waals surface area contributed by atoms with Crippen LogP contribution >= 0.6 is 11.3 Å². The predicted molar refractivity (Wildman–Crippen MR) is 74.1 cm³/mol. The number of hydrogen-bond donors (Lipinski definition) is 1. The first-order valence-corrected chi connectivity index (χ1v) is 7.28. The van der Waals surface area contributed by atoms with Crippen molar-refractivity contribution in [1.82, 2.24) is 5.32 Å². The highest BCUT2D eigenvalue weighted by Crippen LogP contribution is 2.20. The molecule has 0 fully saturated rings. The van der Waals surface area contributed by atoms with Crippen LogP contribution in [0.4, 0.5) is 0 Å². The summed E-state index contributed by atoms with van der Waals surface area (Å²) in [5.74, 6) is 1.51. The summed E-state index contributed by atoms with van der Waals surface area (Å²) >= 11 is 1.88. The molecule has 1 rings (SSSR count). The van der Waals surface area contributed by atoms with E-state index < -0.39 is 0 Å². The summed E-state index contributed by atoms with van der Waals surface area (Å²) in [5, 5.41) is 5.80. The van der Waals surface area contributed by atoms with Crippen LogP contribution in [0.1, 0.15) is 39.0 Å². The van der Waals surface area contributed by atoms with E-state index in [2.05, 4.69) is 50.5 Å². The Labute approximate surface area is 104 Å². The molecule has 16 heavy (non-hydrogen) atoms. The van der Waals surface area contributed by atoms with Crippen LogP contribution in [-0.4, -0.2) is 12.6 Å². The molecule has 0 saturated heterocycles. The van der Waals surface area contributed by atoms with Crippen LogP contribution in [0.15, 0.2) is 17.5 Å². The lowest BCUT2D eigenvalue weighted by Gasteiger charge is -2.27. The van der Waals surface area contributed by atoms with Crippen LogP contribution < -0.4 is 5.32 Å². The molecule has 0 spiro atoms. The zero-order chi connectivity index (χ0) is 12.0. The van der Waals surface area contributed by atoms with Crippen molar-refractivity contribution in [1.29, 1.82) is 0 Å². The molecular weight excluding hydrogens is 214 g/mol. The van der Waals surface area contributed by atoms with E-state index >= 15 is 0 Å². The van der Waals surface area contributed by atoms with Crippen molar-refractivity contribution < 1.29 is 0 Å². The van der Waals surface area contributed by atoms with E-state index in [0.717, 1.165) is 18.4 Å². The van der Waals surface area contributed by atoms with E-state index in [-0.39, 0.29) is 0 Å². The van der Waals surface area contributed by atoms with Gasteiger partial charge in [0.15, 0.2) is 0 Å². The minimum absolute atomic E-state index is 0.659. The fourth-order valence-corrected chi connectivity index (χ4v) is 2.76. The minimum atomic E-state index is 0.659. The number of rotatable bonds is 7. The molecule has 1 N–H and O–H groups in total. The quantitative estimate of drug-likeness (QED) is 0.759. The fraction of sp³-hybridized carbons (Fsp3) is 0.714. The van der Waals surface area contributed by atoms with Gasteiger partial charge in [0.25, 0.3) is 0 Å². The number of thiophene rings is 1. The van der Waals surface area contributed by atoms with E-state index in [1.165, 1.54) is 17.7 Å². The molecule has 1 nitrogen and oxygen atoms in total. The van der Waals surface area contributed by atoms with Gasteiger partial charge in [-0.15, -0.1) is 11.3 Å². The topological polar surface area (TPSA) is 12.0 Å². The monoisotopic (exact) mass is 239 g/mol. The molecule has 2 atom stereocenters. The summed E-state index contributed by atoms with van der Waals surface area (Å²) in [7, 11) is 0. The second kappa shape index (κ2) is 7.08. The first-order chi connectivity index (χ1) is 7.65. The van der Waals surface area contributed by atoms with E-state index in [1.807, 2.05) is 11.3 Å². The SMILES string of the molecule is CCNC(CCc1cccs1)C(C)C(C)C. The Morgan fingerprint density at radius 1 is 1.31 bits per heavy atom. The zero-order valence-corrected chi connectivity index (χ0v) is 11.8. The van der Waals surface area contributed by atoms with Crippen molar-refractivity contribution in [2.24, 2.45) is 11.8 Å². The third kappa shape index (κ3) is 4.26. The maximum Gasteiger partial charge on any atom is 0.00984 e. The summed E-state index contributed by atoms with van der Waals surface area (Å²) in [4.78, 5) is 1.51. The molecule has 92 valence electrons. The summed E-state index contributed by atoms with van der Waals surface area (Å²) in [6, 6.07) is 5.05. The Hall–Kier alpha value is -0.340. The lowest BCUT2D eigenvalue weighted by Crippen LogP contribution is -2.37. The third-order valence-electron chi connectivity index (χ3n) is 3.43. The Balaban J connectivity index is 2.44. The average molecular weight is 239 g/mol. The van der Waals surface area contributed by atoms with E-state index in [4.69, 9.17) is 0 Å². The van der Waals surface area contributed by atoms with E-state index in [9.17, 15) is 0 Å². The predicted octanol–water partition coefficient (Wildman–Crippen LogP) is 3.95. The first-order valence-electron chi connectivity index (χ1n) is 6.41. The van der Waals surface area contributed by atoms with Gasteiger partial charge in [0.05, 0.1) is 0 Å². The Kier molecular flexibility index (Phi) is 6.07. The first kappa shape index (κ1) is 13.7. The molecule has 0 amide bonds. The molecule has 2 heteroatoms. The van der Waals surface area contributed by atoms with Gasteiger partial charge in [-0.25, -0.2) is 0 Å². The fourth-order valence-electron chi connectivity index (χ4n) is 2.03. The zero-order valence-electron chi connectivity index (χ0n) is 11.0. The van der Waals surface area contributed by atoms with Gasteiger partial charge in [0.2, 0.25) is 0 Å². The molecule has 0 aliphatic heterocycles. The molecule has 0 aliphatic rings. The van der Waals surface area contributed by atoms with Gasteiger partial charge in [0.1, 0.15) is 0 Å². The summed E-state index contributed by atoms with van der Waals surface area (Å²) in [6.45, 7) is 10.3. The van der Waals surface area contributed by atoms with Crippen molar-refractivity contribution in [2.75, 3.05) is 6.54 Å². The highest BCUT2D eigenvalue weighted by atomic mass is 32.1. The molecule has 0 aromatic carbocycles. The molecule has 2 unspecified atom stereocenters. The van der Waals surface area contributed by atoms with Gasteiger partial charge in [0, 0.05) is 10.9 Å².